The van der Waals surface area contributed by atoms with E-state index in [1.165, 1.54) is 16.7 Å². The van der Waals surface area contributed by atoms with E-state index >= 15 is 0 Å². The molecule has 5 heteroatoms. The summed E-state index contributed by atoms with van der Waals surface area (Å²) >= 11 is 1.49. The van der Waals surface area contributed by atoms with Crippen LogP contribution in [0.4, 0.5) is 0 Å². The summed E-state index contributed by atoms with van der Waals surface area (Å²) in [4.78, 5) is 1.41. The Morgan fingerprint density at radius 3 is 2.82 bits per heavy atom. The Morgan fingerprint density at radius 1 is 1.55 bits per heavy atom. The lowest BCUT2D eigenvalue weighted by atomic mass is 10.4. The first-order valence-corrected chi connectivity index (χ1v) is 4.68. The monoisotopic (exact) mass is 178 g/mol. The third-order valence-electron chi connectivity index (χ3n) is 1.67. The average molecular weight is 178 g/mol. The molecule has 1 fully saturated rings. The van der Waals surface area contributed by atoms with E-state index in [1.807, 2.05) is 0 Å². The number of hydrogen-bond acceptors (Lipinski definition) is 4. The predicted octanol–water partition coefficient (Wildman–Crippen LogP) is -0.896. The molecule has 0 aromatic rings. The smallest absolute Gasteiger partial charge is 0.234 e. The van der Waals surface area contributed by atoms with Crippen LogP contribution >= 0.6 is 11.8 Å². The summed E-state index contributed by atoms with van der Waals surface area (Å²) in [5, 5.41) is 28.8. The van der Waals surface area contributed by atoms with Crippen molar-refractivity contribution in [2.45, 2.75) is 5.91 Å². The lowest BCUT2D eigenvalue weighted by Crippen LogP contribution is -2.55. The molecule has 0 spiro atoms. The number of rotatable bonds is 2. The fourth-order valence-corrected chi connectivity index (χ4v) is 2.01. The topological polar surface area (TPSA) is 63.6 Å². The van der Waals surface area contributed by atoms with Crippen molar-refractivity contribution >= 4 is 11.8 Å². The van der Waals surface area contributed by atoms with Gasteiger partial charge in [-0.3, -0.25) is 0 Å². The molecule has 0 bridgehead atoms. The van der Waals surface area contributed by atoms with Gasteiger partial charge in [-0.2, -0.15) is 11.8 Å². The van der Waals surface area contributed by atoms with Crippen molar-refractivity contribution in [1.29, 1.82) is 0 Å². The van der Waals surface area contributed by atoms with Crippen molar-refractivity contribution in [3.63, 3.8) is 0 Å². The molecule has 0 atom stereocenters. The highest BCUT2D eigenvalue weighted by Gasteiger charge is 2.34. The minimum Gasteiger partial charge on any atom is -0.353 e. The van der Waals surface area contributed by atoms with Gasteiger partial charge in [0.2, 0.25) is 5.91 Å². The Labute approximate surface area is 69.8 Å². The van der Waals surface area contributed by atoms with Crippen LogP contribution in [-0.4, -0.2) is 52.2 Å². The third kappa shape index (κ3) is 2.31. The predicted molar refractivity (Wildman–Crippen MR) is 41.6 cm³/mol. The van der Waals surface area contributed by atoms with Crippen LogP contribution in [0.5, 0.6) is 0 Å². The summed E-state index contributed by atoms with van der Waals surface area (Å²) in [5.41, 5.74) is 0. The molecule has 4 nitrogen and oxygen atoms in total. The van der Waals surface area contributed by atoms with Gasteiger partial charge in [0.1, 0.15) is 0 Å². The summed E-state index contributed by atoms with van der Waals surface area (Å²) in [6.07, 6.45) is 0. The van der Waals surface area contributed by atoms with Gasteiger partial charge in [-0.1, -0.05) is 0 Å². The normalized spacial score (nSPS) is 25.4. The van der Waals surface area contributed by atoms with Crippen LogP contribution in [0, 0.1) is 0 Å². The molecule has 0 aromatic heterocycles. The zero-order valence-electron chi connectivity index (χ0n) is 6.19. The highest BCUT2D eigenvalue weighted by Crippen LogP contribution is 2.21. The van der Waals surface area contributed by atoms with Crippen LogP contribution in [0.25, 0.3) is 0 Å². The van der Waals surface area contributed by atoms with Crippen LogP contribution < -0.4 is 0 Å². The minimum absolute atomic E-state index is 0.216. The third-order valence-corrected chi connectivity index (χ3v) is 2.73. The van der Waals surface area contributed by atoms with Gasteiger partial charge in [-0.25, -0.2) is 10.0 Å². The molecule has 0 amide bonds. The van der Waals surface area contributed by atoms with Crippen molar-refractivity contribution in [3.8, 4) is 0 Å². The summed E-state index contributed by atoms with van der Waals surface area (Å²) in [6.45, 7) is 0.515. The van der Waals surface area contributed by atoms with Gasteiger partial charge in [-0.15, -0.1) is 0 Å². The fourth-order valence-electron chi connectivity index (χ4n) is 1.06. The first-order chi connectivity index (χ1) is 5.17. The molecule has 11 heavy (non-hydrogen) atoms. The number of aliphatic hydroxyl groups is 2. The molecular formula is C6H12NO3S. The van der Waals surface area contributed by atoms with Crippen LogP contribution in [0.15, 0.2) is 0 Å². The first kappa shape index (κ1) is 9.28. The largest absolute Gasteiger partial charge is 0.353 e. The van der Waals surface area contributed by atoms with Crippen molar-refractivity contribution in [1.82, 2.24) is 4.90 Å². The van der Waals surface area contributed by atoms with Crippen molar-refractivity contribution in [3.05, 3.63) is 0 Å². The SMILES string of the molecule is [O]CCN1CCSCC1(O)O. The lowest BCUT2D eigenvalue weighted by Gasteiger charge is -2.37. The molecule has 1 aliphatic rings. The van der Waals surface area contributed by atoms with Crippen molar-refractivity contribution in [2.24, 2.45) is 0 Å². The number of hydrogen-bond donors (Lipinski definition) is 2. The zero-order valence-corrected chi connectivity index (χ0v) is 7.01. The van der Waals surface area contributed by atoms with E-state index < -0.39 is 5.91 Å². The van der Waals surface area contributed by atoms with E-state index in [0.29, 0.717) is 6.54 Å². The molecule has 1 rings (SSSR count). The van der Waals surface area contributed by atoms with Crippen LogP contribution in [-0.2, 0) is 5.11 Å². The van der Waals surface area contributed by atoms with Gasteiger partial charge in [0.25, 0.3) is 0 Å². The number of thioether (sulfide) groups is 1. The quantitative estimate of drug-likeness (QED) is 0.538. The fraction of sp³-hybridized carbons (Fsp3) is 1.00. The van der Waals surface area contributed by atoms with Crippen molar-refractivity contribution < 1.29 is 15.3 Å². The molecule has 1 aliphatic heterocycles. The second kappa shape index (κ2) is 3.73. The molecule has 1 heterocycles. The molecule has 1 radical (unpaired) electrons. The molecule has 1 saturated heterocycles. The lowest BCUT2D eigenvalue weighted by molar-refractivity contribution is -0.249. The summed E-state index contributed by atoms with van der Waals surface area (Å²) in [5.74, 6) is -0.622. The second-order valence-corrected chi connectivity index (χ2v) is 3.62. The van der Waals surface area contributed by atoms with Crippen LogP contribution in [0.3, 0.4) is 0 Å². The summed E-state index contributed by atoms with van der Waals surface area (Å²) in [6, 6.07) is 0. The van der Waals surface area contributed by atoms with Gasteiger partial charge < -0.3 is 10.2 Å². The molecule has 0 aliphatic carbocycles. The molecular weight excluding hydrogens is 166 g/mol. The van der Waals surface area contributed by atoms with E-state index in [2.05, 4.69) is 0 Å². The standard InChI is InChI=1S/C6H12NO3S/c8-3-1-7-2-4-11-5-6(7,9)10/h9-10H,1-5H2. The summed E-state index contributed by atoms with van der Waals surface area (Å²) in [7, 11) is 0. The van der Waals surface area contributed by atoms with E-state index in [1.54, 1.807) is 0 Å². The van der Waals surface area contributed by atoms with Gasteiger partial charge in [0.05, 0.1) is 12.4 Å². The highest BCUT2D eigenvalue weighted by atomic mass is 32.2. The Balaban J connectivity index is 2.45. The van der Waals surface area contributed by atoms with Gasteiger partial charge in [0, 0.05) is 18.8 Å². The van der Waals surface area contributed by atoms with Crippen molar-refractivity contribution in [2.75, 3.05) is 31.2 Å². The Morgan fingerprint density at radius 2 is 2.27 bits per heavy atom. The molecule has 0 unspecified atom stereocenters. The van der Waals surface area contributed by atoms with Gasteiger partial charge >= 0.3 is 0 Å². The maximum absolute atomic E-state index is 10.2. The maximum Gasteiger partial charge on any atom is 0.234 e. The Hall–Kier alpha value is 0.190. The Kier molecular flexibility index (Phi) is 3.15. The Bertz CT molecular complexity index is 129. The van der Waals surface area contributed by atoms with Gasteiger partial charge in [0.15, 0.2) is 0 Å². The van der Waals surface area contributed by atoms with Gasteiger partial charge in [-0.05, 0) is 0 Å². The van der Waals surface area contributed by atoms with Crippen LogP contribution in [0.1, 0.15) is 0 Å². The first-order valence-electron chi connectivity index (χ1n) is 3.52. The van der Waals surface area contributed by atoms with E-state index in [9.17, 15) is 15.3 Å². The van der Waals surface area contributed by atoms with E-state index in [-0.39, 0.29) is 18.9 Å². The average Bonchev–Trinajstić information content (AvgIpc) is 1.94. The highest BCUT2D eigenvalue weighted by molar-refractivity contribution is 7.99. The van der Waals surface area contributed by atoms with E-state index in [0.717, 1.165) is 5.75 Å². The van der Waals surface area contributed by atoms with E-state index in [4.69, 9.17) is 0 Å². The molecule has 2 N–H and O–H groups in total. The molecule has 0 aromatic carbocycles. The zero-order chi connectivity index (χ0) is 8.32. The number of nitrogens with zero attached hydrogens (tertiary/aromatic N) is 1. The maximum atomic E-state index is 10.2. The minimum atomic E-state index is -1.76. The molecule has 0 saturated carbocycles. The molecule has 65 valence electrons. The second-order valence-electron chi connectivity index (χ2n) is 2.52. The van der Waals surface area contributed by atoms with Crippen LogP contribution in [0.2, 0.25) is 0 Å². The summed E-state index contributed by atoms with van der Waals surface area (Å²) < 4.78 is 0.